The van der Waals surface area contributed by atoms with Crippen LogP contribution in [0.3, 0.4) is 0 Å². The van der Waals surface area contributed by atoms with Crippen LogP contribution in [-0.2, 0) is 9.59 Å². The second kappa shape index (κ2) is 20.9. The van der Waals surface area contributed by atoms with Gasteiger partial charge in [-0.25, -0.2) is 4.79 Å². The van der Waals surface area contributed by atoms with Gasteiger partial charge in [0.15, 0.2) is 6.04 Å². The van der Waals surface area contributed by atoms with Gasteiger partial charge in [0.1, 0.15) is 0 Å². The summed E-state index contributed by atoms with van der Waals surface area (Å²) in [5.41, 5.74) is 6.40. The van der Waals surface area contributed by atoms with Crippen LogP contribution >= 0.6 is 35.9 Å². The van der Waals surface area contributed by atoms with E-state index in [1.807, 2.05) is 60.7 Å². The molecule has 0 aromatic heterocycles. The molecule has 4 aliphatic rings. The molecular formula is C35H44Cl2N4Na2O4S2. The SMILES string of the molecule is C.CC1(C)CC2=NC(C(=O)O)CSC2=C(Nc2ccccc2)C1.CC1(C)CC2=NC(C(=O)[O-])CSC2=C(Nc2ccccc2)C1.Cl.[Cl-].[Na+].[Na+]. The molecule has 49 heavy (non-hydrogen) atoms. The largest absolute Gasteiger partial charge is 1.00 e. The molecule has 0 amide bonds. The average Bonchev–Trinajstić information content (AvgIpc) is 2.96. The van der Waals surface area contributed by atoms with Crippen LogP contribution in [-0.4, -0.2) is 52.1 Å². The van der Waals surface area contributed by atoms with E-state index in [0.717, 1.165) is 69.7 Å². The summed E-state index contributed by atoms with van der Waals surface area (Å²) in [6.07, 6.45) is 3.51. The number of halogens is 2. The van der Waals surface area contributed by atoms with E-state index in [-0.39, 0.29) is 102 Å². The number of rotatable bonds is 6. The zero-order chi connectivity index (χ0) is 31.5. The number of benzene rings is 2. The van der Waals surface area contributed by atoms with Crippen molar-refractivity contribution in [3.8, 4) is 0 Å². The maximum absolute atomic E-state index is 11.2. The molecule has 0 bridgehead atoms. The summed E-state index contributed by atoms with van der Waals surface area (Å²) < 4.78 is 0. The minimum absolute atomic E-state index is 0. The summed E-state index contributed by atoms with van der Waals surface area (Å²) in [5, 5.41) is 27.3. The number of allylic oxidation sites excluding steroid dienone is 4. The van der Waals surface area contributed by atoms with Gasteiger partial charge in [-0.3, -0.25) is 9.98 Å². The number of aliphatic carboxylic acids is 2. The molecule has 2 heterocycles. The number of hydrogen-bond donors (Lipinski definition) is 3. The van der Waals surface area contributed by atoms with Gasteiger partial charge in [-0.2, -0.15) is 0 Å². The average molecular weight is 766 g/mol. The quantitative estimate of drug-likeness (QED) is 0.297. The number of thioether (sulfide) groups is 2. The molecule has 2 aromatic rings. The number of carboxylic acids is 2. The topological polar surface area (TPSA) is 126 Å². The van der Waals surface area contributed by atoms with Crippen molar-refractivity contribution in [1.29, 1.82) is 0 Å². The zero-order valence-electron chi connectivity index (χ0n) is 28.3. The van der Waals surface area contributed by atoms with Crippen molar-refractivity contribution in [3.63, 3.8) is 0 Å². The van der Waals surface area contributed by atoms with Gasteiger partial charge in [-0.1, -0.05) is 71.5 Å². The van der Waals surface area contributed by atoms with Gasteiger partial charge in [0.05, 0.1) is 23.4 Å². The number of carbonyl (C=O) groups excluding carboxylic acids is 1. The van der Waals surface area contributed by atoms with Crippen molar-refractivity contribution in [1.82, 2.24) is 0 Å². The van der Waals surface area contributed by atoms with E-state index in [9.17, 15) is 19.8 Å². The summed E-state index contributed by atoms with van der Waals surface area (Å²) in [4.78, 5) is 33.5. The second-order valence-corrected chi connectivity index (χ2v) is 15.2. The third-order valence-corrected chi connectivity index (χ3v) is 10.3. The predicted molar refractivity (Wildman–Crippen MR) is 194 cm³/mol. The molecule has 0 saturated heterocycles. The fourth-order valence-corrected chi connectivity index (χ4v) is 8.08. The first-order valence-corrected chi connectivity index (χ1v) is 16.8. The summed E-state index contributed by atoms with van der Waals surface area (Å²) in [6, 6.07) is 18.8. The molecule has 2 atom stereocenters. The smallest absolute Gasteiger partial charge is 1.00 e. The number of fused-ring (bicyclic) bond motifs is 2. The first-order valence-electron chi connectivity index (χ1n) is 14.8. The number of carbonyl (C=O) groups is 2. The second-order valence-electron chi connectivity index (χ2n) is 13.1. The van der Waals surface area contributed by atoms with Gasteiger partial charge in [0.25, 0.3) is 0 Å². The van der Waals surface area contributed by atoms with Gasteiger partial charge in [0, 0.05) is 44.1 Å². The van der Waals surface area contributed by atoms with E-state index in [1.165, 1.54) is 0 Å². The van der Waals surface area contributed by atoms with E-state index in [2.05, 4.69) is 48.3 Å². The molecule has 2 aromatic carbocycles. The standard InChI is InChI=1S/2C17H20N2O2S.CH4.2ClH.2Na/c2*1-17(2)8-12(18-11-6-4-3-5-7-11)15-13(9-17)19-14(10-22-15)16(20)21;;;;;/h2*3-7,14,18H,8-10H2,1-2H3,(H,20,21);1H4;2*1H;;/q;;;;;2*+1/p-2. The number of aliphatic imine (C=N–C) groups is 2. The number of carboxylic acid groups (broad SMARTS) is 2. The number of anilines is 2. The van der Waals surface area contributed by atoms with Crippen LogP contribution in [0.15, 0.2) is 91.9 Å². The van der Waals surface area contributed by atoms with E-state index < -0.39 is 24.0 Å². The molecule has 0 spiro atoms. The van der Waals surface area contributed by atoms with E-state index in [0.29, 0.717) is 11.5 Å². The van der Waals surface area contributed by atoms with Gasteiger partial charge in [0.2, 0.25) is 0 Å². The third kappa shape index (κ3) is 13.2. The Labute approximate surface area is 356 Å². The molecule has 14 heteroatoms. The third-order valence-electron chi connectivity index (χ3n) is 7.76. The monoisotopic (exact) mass is 764 g/mol. The maximum atomic E-state index is 11.2. The molecule has 2 aliphatic carbocycles. The number of para-hydroxylation sites is 2. The van der Waals surface area contributed by atoms with Crippen LogP contribution in [0.4, 0.5) is 11.4 Å². The Bertz CT molecular complexity index is 1440. The Hall–Kier alpha value is -0.920. The molecule has 3 N–H and O–H groups in total. The first kappa shape index (κ1) is 48.1. The summed E-state index contributed by atoms with van der Waals surface area (Å²) in [6.45, 7) is 8.78. The Morgan fingerprint density at radius 2 is 1.10 bits per heavy atom. The number of nitrogens with one attached hydrogen (secondary N) is 2. The van der Waals surface area contributed by atoms with Crippen LogP contribution in [0, 0.1) is 10.8 Å². The van der Waals surface area contributed by atoms with Gasteiger partial charge < -0.3 is 38.0 Å². The van der Waals surface area contributed by atoms with Crippen molar-refractivity contribution in [2.24, 2.45) is 20.8 Å². The predicted octanol–water partition coefficient (Wildman–Crippen LogP) is -1.72. The minimum Gasteiger partial charge on any atom is -1.00 e. The molecule has 0 saturated carbocycles. The summed E-state index contributed by atoms with van der Waals surface area (Å²) >= 11 is 3.19. The van der Waals surface area contributed by atoms with Crippen LogP contribution in [0.1, 0.15) is 60.8 Å². The molecule has 2 unspecified atom stereocenters. The van der Waals surface area contributed by atoms with Crippen LogP contribution < -0.4 is 87.3 Å². The molecular weight excluding hydrogens is 721 g/mol. The Morgan fingerprint density at radius 3 is 1.47 bits per heavy atom. The summed E-state index contributed by atoms with van der Waals surface area (Å²) in [5.74, 6) is -0.962. The van der Waals surface area contributed by atoms with Crippen molar-refractivity contribution in [3.05, 3.63) is 81.9 Å². The van der Waals surface area contributed by atoms with Crippen LogP contribution in [0.25, 0.3) is 0 Å². The molecule has 6 rings (SSSR count). The van der Waals surface area contributed by atoms with Crippen molar-refractivity contribution in [2.75, 3.05) is 22.1 Å². The molecule has 0 radical (unpaired) electrons. The minimum atomic E-state index is -1.08. The van der Waals surface area contributed by atoms with Crippen molar-refractivity contribution < 1.29 is 91.3 Å². The van der Waals surface area contributed by atoms with Gasteiger partial charge >= 0.3 is 65.1 Å². The normalized spacial score (nSPS) is 21.1. The fourth-order valence-electron chi connectivity index (χ4n) is 5.82. The number of hydrogen-bond acceptors (Lipinski definition) is 9. The van der Waals surface area contributed by atoms with Crippen molar-refractivity contribution >= 4 is 70.7 Å². The summed E-state index contributed by atoms with van der Waals surface area (Å²) in [7, 11) is 0. The molecule has 2 aliphatic heterocycles. The van der Waals surface area contributed by atoms with Crippen molar-refractivity contribution in [2.45, 2.75) is 72.9 Å². The van der Waals surface area contributed by atoms with Gasteiger partial charge in [-0.15, -0.1) is 35.9 Å². The van der Waals surface area contributed by atoms with E-state index in [4.69, 9.17) is 0 Å². The molecule has 0 fully saturated rings. The fraction of sp³-hybridized carbons (Fsp3) is 0.429. The molecule has 8 nitrogen and oxygen atoms in total. The van der Waals surface area contributed by atoms with Crippen LogP contribution in [0.2, 0.25) is 0 Å². The first-order chi connectivity index (χ1) is 20.9. The Balaban J connectivity index is 0.000000853. The van der Waals surface area contributed by atoms with Crippen LogP contribution in [0.5, 0.6) is 0 Å². The molecule has 256 valence electrons. The van der Waals surface area contributed by atoms with Gasteiger partial charge in [-0.05, 0) is 60.8 Å². The number of nitrogens with zero attached hydrogens (tertiary/aromatic N) is 2. The Kier molecular flexibility index (Phi) is 20.6. The van der Waals surface area contributed by atoms with E-state index in [1.54, 1.807) is 23.5 Å². The zero-order valence-corrected chi connectivity index (χ0v) is 35.5. The Morgan fingerprint density at radius 1 is 0.735 bits per heavy atom. The van der Waals surface area contributed by atoms with E-state index >= 15 is 0 Å². The maximum Gasteiger partial charge on any atom is 1.00 e.